The van der Waals surface area contributed by atoms with Crippen molar-refractivity contribution in [3.05, 3.63) is 35.5 Å². The Morgan fingerprint density at radius 3 is 2.69 bits per heavy atom. The number of ether oxygens (including phenoxy) is 3. The van der Waals surface area contributed by atoms with E-state index in [1.807, 2.05) is 0 Å². The van der Waals surface area contributed by atoms with Crippen molar-refractivity contribution in [3.8, 4) is 11.3 Å². The second kappa shape index (κ2) is 12.6. The summed E-state index contributed by atoms with van der Waals surface area (Å²) in [5.74, 6) is -2.01. The summed E-state index contributed by atoms with van der Waals surface area (Å²) in [5, 5.41) is 36.5. The van der Waals surface area contributed by atoms with Gasteiger partial charge in [-0.1, -0.05) is 16.4 Å². The highest BCUT2D eigenvalue weighted by Crippen LogP contribution is 2.41. The average molecular weight is 594 g/mol. The second-order valence-corrected chi connectivity index (χ2v) is 11.2. The molecule has 1 aromatic heterocycles. The van der Waals surface area contributed by atoms with Gasteiger partial charge in [0.1, 0.15) is 35.6 Å². The molecular weight excluding hydrogens is 556 g/mol. The summed E-state index contributed by atoms with van der Waals surface area (Å²) in [6.07, 6.45) is 1.14. The predicted octanol–water partition coefficient (Wildman–Crippen LogP) is 2.80. The van der Waals surface area contributed by atoms with Gasteiger partial charge in [-0.05, 0) is 51.2 Å². The molecule has 0 unspecified atom stereocenters. The summed E-state index contributed by atoms with van der Waals surface area (Å²) < 4.78 is 47.1. The number of amides is 1. The number of aryl methyl sites for hydroxylation is 1. The zero-order chi connectivity index (χ0) is 30.0. The first-order chi connectivity index (χ1) is 20.2. The van der Waals surface area contributed by atoms with Crippen LogP contribution in [-0.4, -0.2) is 93.4 Å². The van der Waals surface area contributed by atoms with Crippen LogP contribution in [-0.2, 0) is 19.0 Å². The molecule has 42 heavy (non-hydrogen) atoms. The molecule has 2 aliphatic heterocycles. The molecule has 1 spiro atoms. The largest absolute Gasteiger partial charge is 0.450 e. The maximum atomic E-state index is 14.7. The van der Waals surface area contributed by atoms with E-state index in [0.717, 1.165) is 18.6 Å². The number of aromatic nitrogens is 3. The lowest BCUT2D eigenvalue weighted by Crippen LogP contribution is -2.57. The summed E-state index contributed by atoms with van der Waals surface area (Å²) in [6, 6.07) is 2.02. The first kappa shape index (κ1) is 30.3. The lowest BCUT2D eigenvalue weighted by molar-refractivity contribution is -0.210. The van der Waals surface area contributed by atoms with Crippen LogP contribution >= 0.6 is 0 Å². The molecule has 3 N–H and O–H groups in total. The Labute approximate surface area is 241 Å². The van der Waals surface area contributed by atoms with Crippen molar-refractivity contribution < 1.29 is 42.8 Å². The number of methoxy groups -OCH3 is 1. The molecule has 2 fully saturated rings. The van der Waals surface area contributed by atoms with Crippen molar-refractivity contribution in [2.24, 2.45) is 5.16 Å². The quantitative estimate of drug-likeness (QED) is 0.420. The summed E-state index contributed by atoms with van der Waals surface area (Å²) in [7, 11) is 1.47. The van der Waals surface area contributed by atoms with Crippen LogP contribution in [0.2, 0.25) is 0 Å². The van der Waals surface area contributed by atoms with Crippen LogP contribution in [0.1, 0.15) is 57.1 Å². The molecule has 1 saturated heterocycles. The zero-order valence-corrected chi connectivity index (χ0v) is 23.8. The fraction of sp³-hybridized carbons (Fsp3) is 0.643. The fourth-order valence-corrected chi connectivity index (χ4v) is 6.16. The van der Waals surface area contributed by atoms with Crippen molar-refractivity contribution >= 4 is 11.8 Å². The van der Waals surface area contributed by atoms with E-state index in [4.69, 9.17) is 19.0 Å². The van der Waals surface area contributed by atoms with Crippen LogP contribution in [0, 0.1) is 18.6 Å². The lowest BCUT2D eigenvalue weighted by Gasteiger charge is -2.43. The van der Waals surface area contributed by atoms with Crippen LogP contribution in [0.3, 0.4) is 0 Å². The third kappa shape index (κ3) is 5.98. The number of rotatable bonds is 8. The van der Waals surface area contributed by atoms with Crippen molar-refractivity contribution in [3.63, 3.8) is 0 Å². The van der Waals surface area contributed by atoms with Crippen LogP contribution in [0.15, 0.2) is 23.5 Å². The number of nitrogens with one attached hydrogen (secondary N) is 1. The third-order valence-electron chi connectivity index (χ3n) is 8.43. The minimum atomic E-state index is -1.24. The van der Waals surface area contributed by atoms with Gasteiger partial charge in [0.2, 0.25) is 0 Å². The topological polar surface area (TPSA) is 150 Å². The van der Waals surface area contributed by atoms with Crippen molar-refractivity contribution in [1.82, 2.24) is 20.3 Å². The van der Waals surface area contributed by atoms with E-state index in [1.165, 1.54) is 37.0 Å². The smallest absolute Gasteiger partial charge is 0.407 e. The number of aliphatic hydroxyl groups is 2. The van der Waals surface area contributed by atoms with Crippen LogP contribution in [0.4, 0.5) is 13.6 Å². The molecule has 3 aliphatic rings. The molecular formula is C28H37F2N5O7. The van der Waals surface area contributed by atoms with Crippen LogP contribution < -0.4 is 5.32 Å². The van der Waals surface area contributed by atoms with Gasteiger partial charge < -0.3 is 34.6 Å². The monoisotopic (exact) mass is 593 g/mol. The maximum absolute atomic E-state index is 14.7. The Morgan fingerprint density at radius 1 is 1.24 bits per heavy atom. The normalized spacial score (nSPS) is 31.1. The number of oxime groups is 1. The molecule has 1 aliphatic carbocycles. The van der Waals surface area contributed by atoms with Gasteiger partial charge in [-0.2, -0.15) is 0 Å². The SMILES string of the molecule is CCOC(=O)NC1CCC2(CC1)CC(C[C@H]1O[C@H](CO)[C@H](O)[C@H](n3cc(-c4ccc(C)c(F)c4F)nn3)[C@H]1OC)=NO2. The standard InChI is InChI=1S/C28H37F2N5O7/c1-4-40-27(38)31-16-7-9-28(10-8-16)12-17(33-42-28)11-20-26(39-3)24(25(37)21(14-36)41-20)35-13-19(32-34-35)18-6-5-15(2)22(29)23(18)30/h5-6,13,16,20-21,24-26,36-37H,4,7-12,14H2,1-3H3,(H,31,38)/t16?,20-,21-,24+,25+,26+,28?/m1/s1. The molecule has 12 nitrogen and oxygen atoms in total. The van der Waals surface area contributed by atoms with E-state index in [9.17, 15) is 23.8 Å². The Hall–Kier alpha value is -3.20. The van der Waals surface area contributed by atoms with Gasteiger partial charge in [0.05, 0.1) is 31.2 Å². The molecule has 0 bridgehead atoms. The number of alkyl carbamates (subject to hydrolysis) is 1. The second-order valence-electron chi connectivity index (χ2n) is 11.2. The molecule has 2 aromatic rings. The van der Waals surface area contributed by atoms with Gasteiger partial charge in [-0.15, -0.1) is 5.10 Å². The number of hydrogen-bond donors (Lipinski definition) is 3. The predicted molar refractivity (Wildman–Crippen MR) is 145 cm³/mol. The molecule has 3 heterocycles. The first-order valence-corrected chi connectivity index (χ1v) is 14.2. The summed E-state index contributed by atoms with van der Waals surface area (Å²) in [5.41, 5.74) is 0.467. The number of carbonyl (C=O) groups is 1. The molecule has 1 aromatic carbocycles. The Bertz CT molecular complexity index is 1300. The van der Waals surface area contributed by atoms with Gasteiger partial charge >= 0.3 is 6.09 Å². The van der Waals surface area contributed by atoms with Crippen molar-refractivity contribution in [1.29, 1.82) is 0 Å². The number of aliphatic hydroxyl groups excluding tert-OH is 2. The highest BCUT2D eigenvalue weighted by atomic mass is 19.2. The summed E-state index contributed by atoms with van der Waals surface area (Å²) in [4.78, 5) is 17.7. The molecule has 1 saturated carbocycles. The van der Waals surface area contributed by atoms with Gasteiger partial charge in [0, 0.05) is 31.6 Å². The maximum Gasteiger partial charge on any atom is 0.407 e. The van der Waals surface area contributed by atoms with Gasteiger partial charge in [-0.25, -0.2) is 18.3 Å². The lowest BCUT2D eigenvalue weighted by atomic mass is 9.78. The number of hydrogen-bond acceptors (Lipinski definition) is 10. The number of benzene rings is 1. The molecule has 14 heteroatoms. The number of nitrogens with zero attached hydrogens (tertiary/aromatic N) is 4. The molecule has 1 amide bonds. The van der Waals surface area contributed by atoms with E-state index < -0.39 is 60.4 Å². The highest BCUT2D eigenvalue weighted by molar-refractivity contribution is 5.86. The van der Waals surface area contributed by atoms with E-state index >= 15 is 0 Å². The van der Waals surface area contributed by atoms with Gasteiger partial charge in [0.15, 0.2) is 11.6 Å². The molecule has 5 atom stereocenters. The van der Waals surface area contributed by atoms with Crippen molar-refractivity contribution in [2.75, 3.05) is 20.3 Å². The minimum Gasteiger partial charge on any atom is -0.450 e. The average Bonchev–Trinajstić information content (AvgIpc) is 3.61. The minimum absolute atomic E-state index is 0.00637. The van der Waals surface area contributed by atoms with E-state index in [1.54, 1.807) is 6.92 Å². The molecule has 5 rings (SSSR count). The third-order valence-corrected chi connectivity index (χ3v) is 8.43. The van der Waals surface area contributed by atoms with E-state index in [2.05, 4.69) is 20.8 Å². The van der Waals surface area contributed by atoms with Crippen LogP contribution in [0.5, 0.6) is 0 Å². The Morgan fingerprint density at radius 2 is 2.00 bits per heavy atom. The first-order valence-electron chi connectivity index (χ1n) is 14.2. The van der Waals surface area contributed by atoms with Gasteiger partial charge in [-0.3, -0.25) is 0 Å². The molecule has 230 valence electrons. The Kier molecular flexibility index (Phi) is 9.06. The summed E-state index contributed by atoms with van der Waals surface area (Å²) in [6.45, 7) is 3.07. The number of halogens is 2. The zero-order valence-electron chi connectivity index (χ0n) is 23.8. The van der Waals surface area contributed by atoms with Crippen molar-refractivity contribution in [2.45, 2.75) is 94.5 Å². The molecule has 0 radical (unpaired) electrons. The van der Waals surface area contributed by atoms with E-state index in [-0.39, 0.29) is 22.9 Å². The fourth-order valence-electron chi connectivity index (χ4n) is 6.16. The summed E-state index contributed by atoms with van der Waals surface area (Å²) >= 11 is 0. The number of carbonyl (C=O) groups excluding carboxylic acids is 1. The highest BCUT2D eigenvalue weighted by Gasteiger charge is 2.49. The van der Waals surface area contributed by atoms with E-state index in [0.29, 0.717) is 32.3 Å². The van der Waals surface area contributed by atoms with Crippen LogP contribution in [0.25, 0.3) is 11.3 Å². The van der Waals surface area contributed by atoms with Gasteiger partial charge in [0.25, 0.3) is 0 Å². The Balaban J connectivity index is 1.29.